The van der Waals surface area contributed by atoms with Crippen molar-refractivity contribution in [2.45, 2.75) is 24.7 Å². The molecule has 0 aliphatic heterocycles. The second-order valence-electron chi connectivity index (χ2n) is 4.74. The Kier molecular flexibility index (Phi) is 4.62. The third-order valence-electron chi connectivity index (χ3n) is 3.10. The Hall–Kier alpha value is -1.80. The van der Waals surface area contributed by atoms with Gasteiger partial charge in [-0.25, -0.2) is 21.9 Å². The van der Waals surface area contributed by atoms with Crippen molar-refractivity contribution in [2.24, 2.45) is 0 Å². The molecule has 2 aromatic rings. The summed E-state index contributed by atoms with van der Waals surface area (Å²) < 4.78 is 53.1. The molecule has 0 aliphatic carbocycles. The summed E-state index contributed by atoms with van der Waals surface area (Å²) in [7, 11) is -4.48. The molecule has 22 heavy (non-hydrogen) atoms. The zero-order valence-corrected chi connectivity index (χ0v) is 13.4. The highest BCUT2D eigenvalue weighted by atomic mass is 32.2. The highest BCUT2D eigenvalue weighted by Crippen LogP contribution is 2.23. The standard InChI is InChI=1S/C14H13F2NO3S2/c1-8-6-11(16)13(7-10(8)15)22(19,20)17-14(18)9(2)12-4-3-5-21-12/h3-7,9H,1-2H3,(H,17,18). The topological polar surface area (TPSA) is 63.2 Å². The van der Waals surface area contributed by atoms with Crippen molar-refractivity contribution in [3.63, 3.8) is 0 Å². The van der Waals surface area contributed by atoms with Gasteiger partial charge in [0.2, 0.25) is 5.91 Å². The van der Waals surface area contributed by atoms with E-state index in [4.69, 9.17) is 0 Å². The van der Waals surface area contributed by atoms with Gasteiger partial charge in [0.25, 0.3) is 10.0 Å². The first-order valence-corrected chi connectivity index (χ1v) is 8.64. The summed E-state index contributed by atoms with van der Waals surface area (Å²) in [5.41, 5.74) is -0.0188. The van der Waals surface area contributed by atoms with Gasteiger partial charge in [0.1, 0.15) is 16.5 Å². The normalized spacial score (nSPS) is 12.9. The highest BCUT2D eigenvalue weighted by Gasteiger charge is 2.26. The summed E-state index contributed by atoms with van der Waals surface area (Å²) in [5, 5.41) is 1.75. The van der Waals surface area contributed by atoms with Crippen molar-refractivity contribution in [3.8, 4) is 0 Å². The molecule has 1 aromatic carbocycles. The summed E-state index contributed by atoms with van der Waals surface area (Å²) in [6, 6.07) is 4.76. The van der Waals surface area contributed by atoms with Crippen LogP contribution in [0.15, 0.2) is 34.5 Å². The molecule has 118 valence electrons. The van der Waals surface area contributed by atoms with Crippen LogP contribution in [0.25, 0.3) is 0 Å². The Balaban J connectivity index is 2.28. The van der Waals surface area contributed by atoms with Crippen LogP contribution in [0.2, 0.25) is 0 Å². The van der Waals surface area contributed by atoms with Crippen LogP contribution in [-0.2, 0) is 14.8 Å². The SMILES string of the molecule is Cc1cc(F)c(S(=O)(=O)NC(=O)C(C)c2cccs2)cc1F. The molecule has 2 rings (SSSR count). The van der Waals surface area contributed by atoms with Crippen LogP contribution < -0.4 is 4.72 Å². The van der Waals surface area contributed by atoms with E-state index in [1.807, 2.05) is 0 Å². The first kappa shape index (κ1) is 16.6. The number of sulfonamides is 1. The Labute approximate surface area is 130 Å². The first-order valence-electron chi connectivity index (χ1n) is 6.28. The lowest BCUT2D eigenvalue weighted by Crippen LogP contribution is -2.34. The Morgan fingerprint density at radius 2 is 1.95 bits per heavy atom. The fourth-order valence-corrected chi connectivity index (χ4v) is 3.69. The number of amides is 1. The minimum absolute atomic E-state index is 0.0188. The maximum Gasteiger partial charge on any atom is 0.267 e. The van der Waals surface area contributed by atoms with E-state index < -0.39 is 38.4 Å². The van der Waals surface area contributed by atoms with Crippen molar-refractivity contribution in [3.05, 3.63) is 51.7 Å². The van der Waals surface area contributed by atoms with E-state index in [0.717, 1.165) is 6.07 Å². The molecule has 8 heteroatoms. The third-order valence-corrected chi connectivity index (χ3v) is 5.52. The average Bonchev–Trinajstić information content (AvgIpc) is 2.95. The summed E-state index contributed by atoms with van der Waals surface area (Å²) in [4.78, 5) is 11.8. The Morgan fingerprint density at radius 1 is 1.27 bits per heavy atom. The monoisotopic (exact) mass is 345 g/mol. The van der Waals surface area contributed by atoms with E-state index in [9.17, 15) is 22.0 Å². The molecule has 1 aromatic heterocycles. The molecule has 0 radical (unpaired) electrons. The Bertz CT molecular complexity index is 802. The van der Waals surface area contributed by atoms with Gasteiger partial charge in [0.05, 0.1) is 5.92 Å². The molecule has 0 fully saturated rings. The van der Waals surface area contributed by atoms with Crippen molar-refractivity contribution in [2.75, 3.05) is 0 Å². The fourth-order valence-electron chi connectivity index (χ4n) is 1.78. The van der Waals surface area contributed by atoms with Gasteiger partial charge in [-0.3, -0.25) is 4.79 Å². The minimum Gasteiger partial charge on any atom is -0.273 e. The van der Waals surface area contributed by atoms with Crippen LogP contribution in [0.5, 0.6) is 0 Å². The average molecular weight is 345 g/mol. The molecule has 0 saturated heterocycles. The number of thiophene rings is 1. The lowest BCUT2D eigenvalue weighted by Gasteiger charge is -2.12. The molecular weight excluding hydrogens is 332 g/mol. The smallest absolute Gasteiger partial charge is 0.267 e. The van der Waals surface area contributed by atoms with E-state index >= 15 is 0 Å². The van der Waals surface area contributed by atoms with Gasteiger partial charge in [-0.1, -0.05) is 6.07 Å². The zero-order valence-electron chi connectivity index (χ0n) is 11.8. The molecule has 0 aliphatic rings. The largest absolute Gasteiger partial charge is 0.273 e. The number of benzene rings is 1. The lowest BCUT2D eigenvalue weighted by atomic mass is 10.1. The third kappa shape index (κ3) is 3.33. The Morgan fingerprint density at radius 3 is 2.55 bits per heavy atom. The number of hydrogen-bond donors (Lipinski definition) is 1. The predicted molar refractivity (Wildman–Crippen MR) is 79.2 cm³/mol. The summed E-state index contributed by atoms with van der Waals surface area (Å²) in [6.45, 7) is 2.84. The molecule has 1 unspecified atom stereocenters. The molecule has 1 N–H and O–H groups in total. The summed E-state index contributed by atoms with van der Waals surface area (Å²) in [6.07, 6.45) is 0. The van der Waals surface area contributed by atoms with Gasteiger partial charge >= 0.3 is 0 Å². The number of halogens is 2. The minimum atomic E-state index is -4.48. The number of hydrogen-bond acceptors (Lipinski definition) is 4. The molecule has 4 nitrogen and oxygen atoms in total. The van der Waals surface area contributed by atoms with Crippen molar-refractivity contribution in [1.82, 2.24) is 4.72 Å². The maximum absolute atomic E-state index is 13.8. The molecule has 0 spiro atoms. The van der Waals surface area contributed by atoms with Crippen LogP contribution in [0.1, 0.15) is 23.3 Å². The van der Waals surface area contributed by atoms with Gasteiger partial charge in [0, 0.05) is 4.88 Å². The second-order valence-corrected chi connectivity index (χ2v) is 7.37. The van der Waals surface area contributed by atoms with Crippen LogP contribution in [-0.4, -0.2) is 14.3 Å². The van der Waals surface area contributed by atoms with E-state index in [1.165, 1.54) is 25.2 Å². The van der Waals surface area contributed by atoms with Gasteiger partial charge in [-0.2, -0.15) is 0 Å². The summed E-state index contributed by atoms with van der Waals surface area (Å²) in [5.74, 6) is -3.49. The van der Waals surface area contributed by atoms with Gasteiger partial charge in [-0.05, 0) is 43.0 Å². The maximum atomic E-state index is 13.8. The first-order chi connectivity index (χ1) is 10.2. The molecule has 0 bridgehead atoms. The van der Waals surface area contributed by atoms with Crippen LogP contribution in [0.4, 0.5) is 8.78 Å². The molecular formula is C14H13F2NO3S2. The number of carbonyl (C=O) groups is 1. The number of rotatable bonds is 4. The summed E-state index contributed by atoms with van der Waals surface area (Å²) >= 11 is 1.30. The number of nitrogens with one attached hydrogen (secondary N) is 1. The second kappa shape index (κ2) is 6.13. The van der Waals surface area contributed by atoms with Gasteiger partial charge in [-0.15, -0.1) is 11.3 Å². The van der Waals surface area contributed by atoms with Crippen molar-refractivity contribution >= 4 is 27.3 Å². The van der Waals surface area contributed by atoms with Crippen LogP contribution >= 0.6 is 11.3 Å². The van der Waals surface area contributed by atoms with Gasteiger partial charge in [0.15, 0.2) is 0 Å². The molecule has 0 saturated carbocycles. The quantitative estimate of drug-likeness (QED) is 0.927. The van der Waals surface area contributed by atoms with E-state index in [1.54, 1.807) is 22.2 Å². The van der Waals surface area contributed by atoms with E-state index in [2.05, 4.69) is 0 Å². The zero-order chi connectivity index (χ0) is 16.5. The number of aryl methyl sites for hydroxylation is 1. The molecule has 1 heterocycles. The predicted octanol–water partition coefficient (Wildman–Crippen LogP) is 2.94. The van der Waals surface area contributed by atoms with E-state index in [-0.39, 0.29) is 5.56 Å². The van der Waals surface area contributed by atoms with Crippen molar-refractivity contribution in [1.29, 1.82) is 0 Å². The highest BCUT2D eigenvalue weighted by molar-refractivity contribution is 7.90. The number of carbonyl (C=O) groups excluding carboxylic acids is 1. The fraction of sp³-hybridized carbons (Fsp3) is 0.214. The van der Waals surface area contributed by atoms with Crippen LogP contribution in [0.3, 0.4) is 0 Å². The molecule has 1 atom stereocenters. The lowest BCUT2D eigenvalue weighted by molar-refractivity contribution is -0.120. The van der Waals surface area contributed by atoms with Crippen LogP contribution in [0, 0.1) is 18.6 Å². The molecule has 1 amide bonds. The van der Waals surface area contributed by atoms with E-state index in [0.29, 0.717) is 10.9 Å². The van der Waals surface area contributed by atoms with Crippen molar-refractivity contribution < 1.29 is 22.0 Å². The van der Waals surface area contributed by atoms with Gasteiger partial charge < -0.3 is 0 Å².